The molecule has 6 heteroatoms. The van der Waals surface area contributed by atoms with E-state index in [9.17, 15) is 14.7 Å². The lowest BCUT2D eigenvalue weighted by Crippen LogP contribution is -2.51. The molecule has 1 fully saturated rings. The summed E-state index contributed by atoms with van der Waals surface area (Å²) in [4.78, 5) is 28.2. The summed E-state index contributed by atoms with van der Waals surface area (Å²) >= 11 is 0. The first kappa shape index (κ1) is 20.0. The van der Waals surface area contributed by atoms with Crippen LogP contribution in [0.3, 0.4) is 0 Å². The van der Waals surface area contributed by atoms with Gasteiger partial charge in [-0.3, -0.25) is 9.59 Å². The van der Waals surface area contributed by atoms with Crippen LogP contribution in [0.4, 0.5) is 0 Å². The second-order valence-electron chi connectivity index (χ2n) is 7.74. The SMILES string of the molecule is CN(C)CC1(O)CCN(C(=O)c2ccc(-c3ccccc3C(N)=O)cc2)CC1. The summed E-state index contributed by atoms with van der Waals surface area (Å²) in [6.07, 6.45) is 1.14. The first-order valence-electron chi connectivity index (χ1n) is 9.45. The number of nitrogens with zero attached hydrogens (tertiary/aromatic N) is 2. The number of carbonyl (C=O) groups is 2. The number of piperidine rings is 1. The summed E-state index contributed by atoms with van der Waals surface area (Å²) in [6.45, 7) is 1.67. The third kappa shape index (κ3) is 4.40. The fourth-order valence-electron chi connectivity index (χ4n) is 3.80. The van der Waals surface area contributed by atoms with Gasteiger partial charge in [0.05, 0.1) is 5.60 Å². The number of likely N-dealkylation sites (N-methyl/N-ethyl adjacent to an activating group) is 1. The van der Waals surface area contributed by atoms with E-state index in [1.807, 2.05) is 43.3 Å². The zero-order valence-electron chi connectivity index (χ0n) is 16.4. The van der Waals surface area contributed by atoms with Crippen molar-refractivity contribution < 1.29 is 14.7 Å². The van der Waals surface area contributed by atoms with E-state index in [4.69, 9.17) is 5.73 Å². The number of benzene rings is 2. The van der Waals surface area contributed by atoms with Crippen molar-refractivity contribution in [2.75, 3.05) is 33.7 Å². The Morgan fingerprint density at radius 1 is 1.07 bits per heavy atom. The molecule has 0 aliphatic carbocycles. The number of rotatable bonds is 5. The Labute approximate surface area is 165 Å². The molecule has 1 saturated heterocycles. The smallest absolute Gasteiger partial charge is 0.253 e. The number of primary amides is 1. The summed E-state index contributed by atoms with van der Waals surface area (Å²) < 4.78 is 0. The second kappa shape index (κ2) is 8.12. The van der Waals surface area contributed by atoms with Crippen LogP contribution >= 0.6 is 0 Å². The minimum Gasteiger partial charge on any atom is -0.388 e. The molecule has 2 aromatic carbocycles. The maximum atomic E-state index is 12.8. The van der Waals surface area contributed by atoms with Gasteiger partial charge in [0.1, 0.15) is 0 Å². The van der Waals surface area contributed by atoms with Gasteiger partial charge in [-0.1, -0.05) is 30.3 Å². The van der Waals surface area contributed by atoms with Crippen LogP contribution in [0.15, 0.2) is 48.5 Å². The van der Waals surface area contributed by atoms with Crippen LogP contribution in [-0.4, -0.2) is 66.1 Å². The van der Waals surface area contributed by atoms with Gasteiger partial charge in [0, 0.05) is 30.8 Å². The highest BCUT2D eigenvalue weighted by Gasteiger charge is 2.34. The second-order valence-corrected chi connectivity index (χ2v) is 7.74. The van der Waals surface area contributed by atoms with Crippen LogP contribution in [0.2, 0.25) is 0 Å². The van der Waals surface area contributed by atoms with Crippen LogP contribution in [-0.2, 0) is 0 Å². The van der Waals surface area contributed by atoms with Crippen molar-refractivity contribution in [1.82, 2.24) is 9.80 Å². The monoisotopic (exact) mass is 381 g/mol. The molecule has 3 rings (SSSR count). The van der Waals surface area contributed by atoms with Crippen molar-refractivity contribution in [3.05, 3.63) is 59.7 Å². The van der Waals surface area contributed by atoms with Crippen molar-refractivity contribution in [3.8, 4) is 11.1 Å². The van der Waals surface area contributed by atoms with Crippen molar-refractivity contribution in [2.45, 2.75) is 18.4 Å². The molecule has 28 heavy (non-hydrogen) atoms. The predicted octanol–water partition coefficient (Wildman–Crippen LogP) is 1.98. The molecule has 0 radical (unpaired) electrons. The molecule has 0 saturated carbocycles. The summed E-state index contributed by atoms with van der Waals surface area (Å²) in [5.74, 6) is -0.518. The van der Waals surface area contributed by atoms with E-state index in [0.29, 0.717) is 43.6 Å². The summed E-state index contributed by atoms with van der Waals surface area (Å²) in [5.41, 5.74) is 7.36. The molecule has 0 aromatic heterocycles. The van der Waals surface area contributed by atoms with Crippen LogP contribution in [0, 0.1) is 0 Å². The van der Waals surface area contributed by atoms with Gasteiger partial charge in [-0.05, 0) is 56.3 Å². The van der Waals surface area contributed by atoms with E-state index >= 15 is 0 Å². The molecule has 0 spiro atoms. The molecule has 6 nitrogen and oxygen atoms in total. The first-order chi connectivity index (χ1) is 13.3. The van der Waals surface area contributed by atoms with E-state index in [2.05, 4.69) is 0 Å². The van der Waals surface area contributed by atoms with E-state index in [1.165, 1.54) is 0 Å². The highest BCUT2D eigenvalue weighted by Crippen LogP contribution is 2.26. The Balaban J connectivity index is 1.71. The zero-order chi connectivity index (χ0) is 20.3. The summed E-state index contributed by atoms with van der Waals surface area (Å²) in [5, 5.41) is 10.6. The van der Waals surface area contributed by atoms with Crippen molar-refractivity contribution in [1.29, 1.82) is 0 Å². The summed E-state index contributed by atoms with van der Waals surface area (Å²) in [6, 6.07) is 14.4. The lowest BCUT2D eigenvalue weighted by atomic mass is 9.90. The number of hydrogen-bond donors (Lipinski definition) is 2. The van der Waals surface area contributed by atoms with Crippen LogP contribution in [0.25, 0.3) is 11.1 Å². The van der Waals surface area contributed by atoms with Gasteiger partial charge < -0.3 is 20.6 Å². The van der Waals surface area contributed by atoms with Gasteiger partial charge in [0.15, 0.2) is 0 Å². The standard InChI is InChI=1S/C22H27N3O3/c1-24(2)15-22(28)11-13-25(14-12-22)21(27)17-9-7-16(8-10-17)18-5-3-4-6-19(18)20(23)26/h3-10,28H,11-15H2,1-2H3,(H2,23,26). The quantitative estimate of drug-likeness (QED) is 0.829. The van der Waals surface area contributed by atoms with Gasteiger partial charge in [0.2, 0.25) is 5.91 Å². The molecule has 0 unspecified atom stereocenters. The molecule has 2 amide bonds. The van der Waals surface area contributed by atoms with Crippen molar-refractivity contribution >= 4 is 11.8 Å². The molecule has 1 aliphatic heterocycles. The maximum absolute atomic E-state index is 12.8. The predicted molar refractivity (Wildman–Crippen MR) is 109 cm³/mol. The van der Waals surface area contributed by atoms with Crippen LogP contribution in [0.1, 0.15) is 33.6 Å². The first-order valence-corrected chi connectivity index (χ1v) is 9.45. The average Bonchev–Trinajstić information content (AvgIpc) is 2.67. The number of nitrogens with two attached hydrogens (primary N) is 1. The van der Waals surface area contributed by atoms with Gasteiger partial charge >= 0.3 is 0 Å². The highest BCUT2D eigenvalue weighted by molar-refractivity contribution is 6.00. The third-order valence-electron chi connectivity index (χ3n) is 5.23. The molecule has 2 aromatic rings. The molecule has 148 valence electrons. The topological polar surface area (TPSA) is 86.9 Å². The highest BCUT2D eigenvalue weighted by atomic mass is 16.3. The van der Waals surface area contributed by atoms with Crippen molar-refractivity contribution in [2.24, 2.45) is 5.73 Å². The van der Waals surface area contributed by atoms with Crippen molar-refractivity contribution in [3.63, 3.8) is 0 Å². The Morgan fingerprint density at radius 3 is 2.25 bits per heavy atom. The van der Waals surface area contributed by atoms with Gasteiger partial charge in [-0.15, -0.1) is 0 Å². The number of carbonyl (C=O) groups excluding carboxylic acids is 2. The number of amides is 2. The number of likely N-dealkylation sites (tertiary alicyclic amines) is 1. The Kier molecular flexibility index (Phi) is 5.82. The lowest BCUT2D eigenvalue weighted by molar-refractivity contribution is -0.0324. The zero-order valence-corrected chi connectivity index (χ0v) is 16.4. The Bertz CT molecular complexity index is 854. The Hall–Kier alpha value is -2.70. The molecule has 3 N–H and O–H groups in total. The van der Waals surface area contributed by atoms with E-state index in [1.54, 1.807) is 29.2 Å². The average molecular weight is 381 g/mol. The molecule has 0 atom stereocenters. The normalized spacial score (nSPS) is 16.2. The van der Waals surface area contributed by atoms with Crippen LogP contribution < -0.4 is 5.73 Å². The Morgan fingerprint density at radius 2 is 1.68 bits per heavy atom. The van der Waals surface area contributed by atoms with Gasteiger partial charge in [-0.2, -0.15) is 0 Å². The molecular formula is C22H27N3O3. The molecule has 0 bridgehead atoms. The van der Waals surface area contributed by atoms with Gasteiger partial charge in [-0.25, -0.2) is 0 Å². The third-order valence-corrected chi connectivity index (χ3v) is 5.23. The molecule has 1 heterocycles. The largest absolute Gasteiger partial charge is 0.388 e. The van der Waals surface area contributed by atoms with Crippen LogP contribution in [0.5, 0.6) is 0 Å². The fraction of sp³-hybridized carbons (Fsp3) is 0.364. The van der Waals surface area contributed by atoms with Gasteiger partial charge in [0.25, 0.3) is 5.91 Å². The fourth-order valence-corrected chi connectivity index (χ4v) is 3.80. The molecular weight excluding hydrogens is 354 g/mol. The van der Waals surface area contributed by atoms with E-state index in [0.717, 1.165) is 11.1 Å². The van der Waals surface area contributed by atoms with E-state index < -0.39 is 11.5 Å². The number of aliphatic hydroxyl groups is 1. The summed E-state index contributed by atoms with van der Waals surface area (Å²) in [7, 11) is 3.88. The minimum absolute atomic E-state index is 0.0401. The lowest BCUT2D eigenvalue weighted by Gasteiger charge is -2.39. The number of hydrogen-bond acceptors (Lipinski definition) is 4. The van der Waals surface area contributed by atoms with E-state index in [-0.39, 0.29) is 5.91 Å². The maximum Gasteiger partial charge on any atom is 0.253 e. The minimum atomic E-state index is -0.734. The molecule has 1 aliphatic rings.